The first-order valence-corrected chi connectivity index (χ1v) is 6.59. The van der Waals surface area contributed by atoms with Crippen molar-refractivity contribution < 1.29 is 4.42 Å². The summed E-state index contributed by atoms with van der Waals surface area (Å²) in [6, 6.07) is 5.87. The molecule has 3 rings (SSSR count). The van der Waals surface area contributed by atoms with Crippen LogP contribution < -0.4 is 0 Å². The highest BCUT2D eigenvalue weighted by atomic mass is 35.5. The van der Waals surface area contributed by atoms with E-state index in [1.54, 1.807) is 0 Å². The first-order valence-electron chi connectivity index (χ1n) is 6.21. The molecule has 0 radical (unpaired) electrons. The van der Waals surface area contributed by atoms with Crippen molar-refractivity contribution in [3.8, 4) is 0 Å². The summed E-state index contributed by atoms with van der Waals surface area (Å²) in [6.07, 6.45) is 5.89. The lowest BCUT2D eigenvalue weighted by molar-refractivity contribution is 0.221. The standard InChI is InChI=1S/C14H16ClNO/c15-12-4-5-13-11(10-17-14(13)8-12)9-16-6-2-1-3-7-16/h4-5,8,10H,1-3,6-7,9H2. The Morgan fingerprint density at radius 3 is 2.82 bits per heavy atom. The van der Waals surface area contributed by atoms with E-state index in [0.29, 0.717) is 0 Å². The third kappa shape index (κ3) is 2.33. The topological polar surface area (TPSA) is 16.4 Å². The molecule has 2 nitrogen and oxygen atoms in total. The summed E-state index contributed by atoms with van der Waals surface area (Å²) < 4.78 is 5.56. The molecule has 2 heterocycles. The highest BCUT2D eigenvalue weighted by Crippen LogP contribution is 2.26. The molecule has 1 saturated heterocycles. The summed E-state index contributed by atoms with van der Waals surface area (Å²) in [4.78, 5) is 2.50. The zero-order valence-corrected chi connectivity index (χ0v) is 10.5. The second kappa shape index (κ2) is 4.71. The predicted octanol–water partition coefficient (Wildman–Crippen LogP) is 4.07. The molecule has 1 fully saturated rings. The molecule has 0 saturated carbocycles. The van der Waals surface area contributed by atoms with Gasteiger partial charge in [0.05, 0.1) is 6.26 Å². The van der Waals surface area contributed by atoms with Crippen LogP contribution in [-0.4, -0.2) is 18.0 Å². The Hall–Kier alpha value is -0.990. The van der Waals surface area contributed by atoms with Gasteiger partial charge in [0.15, 0.2) is 0 Å². The van der Waals surface area contributed by atoms with Crippen LogP contribution >= 0.6 is 11.6 Å². The average molecular weight is 250 g/mol. The van der Waals surface area contributed by atoms with E-state index in [4.69, 9.17) is 16.0 Å². The quantitative estimate of drug-likeness (QED) is 0.798. The number of hydrogen-bond acceptors (Lipinski definition) is 2. The molecule has 1 aromatic carbocycles. The molecule has 3 heteroatoms. The maximum atomic E-state index is 5.95. The molecule has 1 aliphatic heterocycles. The van der Waals surface area contributed by atoms with Gasteiger partial charge < -0.3 is 4.42 Å². The molecule has 0 unspecified atom stereocenters. The summed E-state index contributed by atoms with van der Waals surface area (Å²) in [7, 11) is 0. The first kappa shape index (κ1) is 11.1. The molecule has 0 aliphatic carbocycles. The summed E-state index contributed by atoms with van der Waals surface area (Å²) in [5, 5.41) is 1.93. The Kier molecular flexibility index (Phi) is 3.08. The Bertz CT molecular complexity index is 514. The summed E-state index contributed by atoms with van der Waals surface area (Å²) in [5.41, 5.74) is 2.17. The number of fused-ring (bicyclic) bond motifs is 1. The fourth-order valence-electron chi connectivity index (χ4n) is 2.54. The smallest absolute Gasteiger partial charge is 0.135 e. The van der Waals surface area contributed by atoms with Crippen molar-refractivity contribution in [2.24, 2.45) is 0 Å². The second-order valence-electron chi connectivity index (χ2n) is 4.74. The molecule has 0 amide bonds. The van der Waals surface area contributed by atoms with E-state index in [1.807, 2.05) is 18.4 Å². The van der Waals surface area contributed by atoms with E-state index in [0.717, 1.165) is 17.2 Å². The fourth-order valence-corrected chi connectivity index (χ4v) is 2.70. The monoisotopic (exact) mass is 249 g/mol. The van der Waals surface area contributed by atoms with Crippen LogP contribution in [0.3, 0.4) is 0 Å². The van der Waals surface area contributed by atoms with Gasteiger partial charge in [-0.25, -0.2) is 0 Å². The molecule has 17 heavy (non-hydrogen) atoms. The Morgan fingerprint density at radius 1 is 1.18 bits per heavy atom. The largest absolute Gasteiger partial charge is 0.464 e. The predicted molar refractivity (Wildman–Crippen MR) is 70.4 cm³/mol. The molecule has 0 N–H and O–H groups in total. The number of hydrogen-bond donors (Lipinski definition) is 0. The maximum absolute atomic E-state index is 5.95. The van der Waals surface area contributed by atoms with Gasteiger partial charge >= 0.3 is 0 Å². The van der Waals surface area contributed by atoms with Gasteiger partial charge in [-0.1, -0.05) is 18.0 Å². The van der Waals surface area contributed by atoms with Gasteiger partial charge in [0.2, 0.25) is 0 Å². The van der Waals surface area contributed by atoms with E-state index in [2.05, 4.69) is 11.0 Å². The van der Waals surface area contributed by atoms with Gasteiger partial charge in [-0.05, 0) is 44.1 Å². The van der Waals surface area contributed by atoms with E-state index in [1.165, 1.54) is 43.3 Å². The average Bonchev–Trinajstić information content (AvgIpc) is 2.73. The van der Waals surface area contributed by atoms with E-state index < -0.39 is 0 Å². The normalized spacial score (nSPS) is 17.7. The lowest BCUT2D eigenvalue weighted by Crippen LogP contribution is -2.28. The molecular formula is C14H16ClNO. The Morgan fingerprint density at radius 2 is 2.00 bits per heavy atom. The fraction of sp³-hybridized carbons (Fsp3) is 0.429. The zero-order valence-electron chi connectivity index (χ0n) is 9.79. The number of piperidine rings is 1. The minimum Gasteiger partial charge on any atom is -0.464 e. The third-order valence-corrected chi connectivity index (χ3v) is 3.70. The van der Waals surface area contributed by atoms with Crippen molar-refractivity contribution in [2.45, 2.75) is 25.8 Å². The number of furan rings is 1. The molecular weight excluding hydrogens is 234 g/mol. The first-order chi connectivity index (χ1) is 8.33. The molecule has 0 spiro atoms. The minimum absolute atomic E-state index is 0.733. The van der Waals surface area contributed by atoms with Crippen LogP contribution in [0.2, 0.25) is 5.02 Å². The third-order valence-electron chi connectivity index (χ3n) is 3.46. The van der Waals surface area contributed by atoms with Gasteiger partial charge in [-0.15, -0.1) is 0 Å². The van der Waals surface area contributed by atoms with E-state index in [9.17, 15) is 0 Å². The van der Waals surface area contributed by atoms with Gasteiger partial charge in [-0.2, -0.15) is 0 Å². The lowest BCUT2D eigenvalue weighted by atomic mass is 10.1. The SMILES string of the molecule is Clc1ccc2c(CN3CCCCC3)coc2c1. The molecule has 0 bridgehead atoms. The zero-order chi connectivity index (χ0) is 11.7. The minimum atomic E-state index is 0.733. The Balaban J connectivity index is 1.84. The van der Waals surface area contributed by atoms with Crippen LogP contribution in [0.5, 0.6) is 0 Å². The van der Waals surface area contributed by atoms with Crippen molar-refractivity contribution in [1.29, 1.82) is 0 Å². The molecule has 90 valence electrons. The van der Waals surface area contributed by atoms with Crippen molar-refractivity contribution >= 4 is 22.6 Å². The number of nitrogens with zero attached hydrogens (tertiary/aromatic N) is 1. The van der Waals surface area contributed by atoms with E-state index >= 15 is 0 Å². The molecule has 1 aliphatic rings. The summed E-state index contributed by atoms with van der Waals surface area (Å²) in [6.45, 7) is 3.41. The van der Waals surface area contributed by atoms with Crippen LogP contribution in [0.4, 0.5) is 0 Å². The lowest BCUT2D eigenvalue weighted by Gasteiger charge is -2.25. The van der Waals surface area contributed by atoms with Crippen LogP contribution in [0.15, 0.2) is 28.9 Å². The van der Waals surface area contributed by atoms with Crippen LogP contribution in [0.1, 0.15) is 24.8 Å². The van der Waals surface area contributed by atoms with Gasteiger partial charge in [0.25, 0.3) is 0 Å². The van der Waals surface area contributed by atoms with Gasteiger partial charge in [-0.3, -0.25) is 4.90 Å². The highest BCUT2D eigenvalue weighted by molar-refractivity contribution is 6.31. The maximum Gasteiger partial charge on any atom is 0.135 e. The number of benzene rings is 1. The van der Waals surface area contributed by atoms with E-state index in [-0.39, 0.29) is 0 Å². The van der Waals surface area contributed by atoms with Crippen LogP contribution in [0.25, 0.3) is 11.0 Å². The van der Waals surface area contributed by atoms with Gasteiger partial charge in [0.1, 0.15) is 5.58 Å². The van der Waals surface area contributed by atoms with Crippen molar-refractivity contribution in [3.63, 3.8) is 0 Å². The van der Waals surface area contributed by atoms with Crippen LogP contribution in [-0.2, 0) is 6.54 Å². The summed E-state index contributed by atoms with van der Waals surface area (Å²) in [5.74, 6) is 0. The number of rotatable bonds is 2. The molecule has 0 atom stereocenters. The highest BCUT2D eigenvalue weighted by Gasteiger charge is 2.13. The Labute approximate surface area is 106 Å². The molecule has 1 aromatic heterocycles. The number of likely N-dealkylation sites (tertiary alicyclic amines) is 1. The second-order valence-corrected chi connectivity index (χ2v) is 5.17. The summed E-state index contributed by atoms with van der Waals surface area (Å²) >= 11 is 5.95. The van der Waals surface area contributed by atoms with Crippen molar-refractivity contribution in [3.05, 3.63) is 35.0 Å². The van der Waals surface area contributed by atoms with Crippen molar-refractivity contribution in [2.75, 3.05) is 13.1 Å². The number of halogens is 1. The van der Waals surface area contributed by atoms with Crippen LogP contribution in [0, 0.1) is 0 Å². The van der Waals surface area contributed by atoms with Gasteiger partial charge in [0, 0.05) is 22.5 Å². The molecule has 2 aromatic rings. The van der Waals surface area contributed by atoms with Crippen molar-refractivity contribution in [1.82, 2.24) is 4.90 Å².